The smallest absolute Gasteiger partial charge is 0.311 e. The third-order valence-electron chi connectivity index (χ3n) is 2.00. The van der Waals surface area contributed by atoms with E-state index in [-0.39, 0.29) is 16.7 Å². The zero-order valence-electron chi connectivity index (χ0n) is 9.02. The Hall–Kier alpha value is -1.64. The van der Waals surface area contributed by atoms with Crippen LogP contribution >= 0.6 is 15.9 Å². The minimum atomic E-state index is -3.04. The normalized spacial score (nSPS) is 10.5. The number of aromatic nitrogens is 1. The number of carbonyl (C=O) groups excluding carboxylic acids is 1. The number of nitrogens with zero attached hydrogens (tertiary/aromatic N) is 2. The van der Waals surface area contributed by atoms with Gasteiger partial charge in [0.25, 0.3) is 6.43 Å². The van der Waals surface area contributed by atoms with Gasteiger partial charge in [0.05, 0.1) is 24.1 Å². The maximum absolute atomic E-state index is 12.7. The van der Waals surface area contributed by atoms with Gasteiger partial charge in [0.1, 0.15) is 5.56 Å². The van der Waals surface area contributed by atoms with E-state index in [2.05, 4.69) is 25.7 Å². The molecule has 0 aliphatic heterocycles. The molecule has 0 saturated heterocycles. The van der Waals surface area contributed by atoms with Crippen molar-refractivity contribution >= 4 is 27.6 Å². The first-order valence-corrected chi connectivity index (χ1v) is 5.34. The predicted molar refractivity (Wildman–Crippen MR) is 59.3 cm³/mol. The second-order valence-corrected chi connectivity index (χ2v) is 3.90. The Morgan fingerprint density at radius 3 is 2.72 bits per heavy atom. The number of pyridine rings is 1. The van der Waals surface area contributed by atoms with E-state index in [1.807, 2.05) is 0 Å². The molecule has 0 radical (unpaired) electrons. The minimum absolute atomic E-state index is 0.0328. The molecule has 0 saturated carbocycles. The zero-order chi connectivity index (χ0) is 13.9. The van der Waals surface area contributed by atoms with Crippen LogP contribution in [0.1, 0.15) is 17.7 Å². The van der Waals surface area contributed by atoms with Crippen LogP contribution in [0, 0.1) is 10.1 Å². The third kappa shape index (κ3) is 3.19. The number of rotatable bonds is 4. The number of hydrogen-bond acceptors (Lipinski definition) is 5. The number of esters is 1. The zero-order valence-corrected chi connectivity index (χ0v) is 10.6. The van der Waals surface area contributed by atoms with E-state index in [4.69, 9.17) is 0 Å². The van der Waals surface area contributed by atoms with Crippen LogP contribution in [0.5, 0.6) is 0 Å². The molecule has 0 N–H and O–H groups in total. The maximum atomic E-state index is 12.7. The van der Waals surface area contributed by atoms with Gasteiger partial charge in [-0.2, -0.15) is 0 Å². The summed E-state index contributed by atoms with van der Waals surface area (Å²) < 4.78 is 29.4. The summed E-state index contributed by atoms with van der Waals surface area (Å²) in [4.78, 5) is 24.3. The molecule has 18 heavy (non-hydrogen) atoms. The summed E-state index contributed by atoms with van der Waals surface area (Å²) in [5.74, 6) is -0.677. The van der Waals surface area contributed by atoms with Crippen LogP contribution in [0.3, 0.4) is 0 Å². The number of hydrogen-bond donors (Lipinski definition) is 0. The molecule has 0 atom stereocenters. The van der Waals surface area contributed by atoms with Gasteiger partial charge in [-0.05, 0) is 22.0 Å². The maximum Gasteiger partial charge on any atom is 0.311 e. The van der Waals surface area contributed by atoms with Crippen molar-refractivity contribution in [2.75, 3.05) is 7.11 Å². The number of halogens is 3. The van der Waals surface area contributed by atoms with E-state index >= 15 is 0 Å². The molecule has 1 rings (SSSR count). The second-order valence-electron chi connectivity index (χ2n) is 3.15. The Balaban J connectivity index is 3.27. The SMILES string of the molecule is COC(=O)Cc1cc(C(F)F)c([N+](=O)[O-])c(Br)n1. The average molecular weight is 325 g/mol. The van der Waals surface area contributed by atoms with Gasteiger partial charge in [-0.1, -0.05) is 0 Å². The molecule has 0 fully saturated rings. The van der Waals surface area contributed by atoms with Crippen molar-refractivity contribution in [1.29, 1.82) is 0 Å². The van der Waals surface area contributed by atoms with E-state index in [0.29, 0.717) is 0 Å². The van der Waals surface area contributed by atoms with Gasteiger partial charge < -0.3 is 4.74 Å². The summed E-state index contributed by atoms with van der Waals surface area (Å²) in [6.07, 6.45) is -3.38. The van der Waals surface area contributed by atoms with Gasteiger partial charge in [0, 0.05) is 0 Å². The van der Waals surface area contributed by atoms with Crippen molar-refractivity contribution in [3.8, 4) is 0 Å². The van der Waals surface area contributed by atoms with E-state index < -0.39 is 28.6 Å². The molecular weight excluding hydrogens is 318 g/mol. The van der Waals surface area contributed by atoms with Crippen LogP contribution < -0.4 is 0 Å². The van der Waals surface area contributed by atoms with Crippen LogP contribution in [0.25, 0.3) is 0 Å². The summed E-state index contributed by atoms with van der Waals surface area (Å²) in [7, 11) is 1.14. The molecule has 0 unspecified atom stereocenters. The highest BCUT2D eigenvalue weighted by Crippen LogP contribution is 2.34. The largest absolute Gasteiger partial charge is 0.469 e. The molecule has 0 amide bonds. The van der Waals surface area contributed by atoms with Crippen molar-refractivity contribution in [2.45, 2.75) is 12.8 Å². The van der Waals surface area contributed by atoms with Crippen molar-refractivity contribution in [2.24, 2.45) is 0 Å². The van der Waals surface area contributed by atoms with Crippen LogP contribution in [-0.2, 0) is 16.0 Å². The Morgan fingerprint density at radius 1 is 1.67 bits per heavy atom. The van der Waals surface area contributed by atoms with Gasteiger partial charge in [-0.15, -0.1) is 0 Å². The fourth-order valence-corrected chi connectivity index (χ4v) is 1.84. The first-order chi connectivity index (χ1) is 8.36. The molecule has 98 valence electrons. The van der Waals surface area contributed by atoms with Crippen molar-refractivity contribution in [3.63, 3.8) is 0 Å². The lowest BCUT2D eigenvalue weighted by Crippen LogP contribution is -2.08. The molecule has 9 heteroatoms. The van der Waals surface area contributed by atoms with Crippen LogP contribution in [0.4, 0.5) is 14.5 Å². The highest BCUT2D eigenvalue weighted by molar-refractivity contribution is 9.10. The average Bonchev–Trinajstić information content (AvgIpc) is 2.27. The topological polar surface area (TPSA) is 82.3 Å². The molecule has 6 nitrogen and oxygen atoms in total. The van der Waals surface area contributed by atoms with E-state index in [0.717, 1.165) is 13.2 Å². The summed E-state index contributed by atoms with van der Waals surface area (Å²) in [5.41, 5.74) is -1.63. The molecule has 0 bridgehead atoms. The fourth-order valence-electron chi connectivity index (χ4n) is 1.24. The molecule has 0 aliphatic carbocycles. The van der Waals surface area contributed by atoms with Gasteiger partial charge in [-0.3, -0.25) is 14.9 Å². The van der Waals surface area contributed by atoms with E-state index in [9.17, 15) is 23.7 Å². The summed E-state index contributed by atoms with van der Waals surface area (Å²) in [6.45, 7) is 0. The predicted octanol–water partition coefficient (Wildman–Crippen LogP) is 2.41. The lowest BCUT2D eigenvalue weighted by atomic mass is 10.1. The fraction of sp³-hybridized carbons (Fsp3) is 0.333. The molecule has 0 spiro atoms. The lowest BCUT2D eigenvalue weighted by molar-refractivity contribution is -0.387. The van der Waals surface area contributed by atoms with Gasteiger partial charge in [0.15, 0.2) is 4.60 Å². The van der Waals surface area contributed by atoms with E-state index in [1.165, 1.54) is 0 Å². The van der Waals surface area contributed by atoms with Gasteiger partial charge in [-0.25, -0.2) is 13.8 Å². The molecule has 1 aromatic heterocycles. The Kier molecular flexibility index (Phi) is 4.65. The van der Waals surface area contributed by atoms with E-state index in [1.54, 1.807) is 0 Å². The first kappa shape index (κ1) is 14.4. The third-order valence-corrected chi connectivity index (χ3v) is 2.56. The van der Waals surface area contributed by atoms with Crippen molar-refractivity contribution in [3.05, 3.63) is 32.0 Å². The first-order valence-electron chi connectivity index (χ1n) is 4.55. The Bertz CT molecular complexity index is 496. The van der Waals surface area contributed by atoms with Gasteiger partial charge in [0.2, 0.25) is 0 Å². The Morgan fingerprint density at radius 2 is 2.28 bits per heavy atom. The van der Waals surface area contributed by atoms with Gasteiger partial charge >= 0.3 is 11.7 Å². The Labute approximate surface area is 108 Å². The van der Waals surface area contributed by atoms with Crippen molar-refractivity contribution in [1.82, 2.24) is 4.98 Å². The van der Waals surface area contributed by atoms with Crippen LogP contribution in [-0.4, -0.2) is 23.0 Å². The summed E-state index contributed by atoms with van der Waals surface area (Å²) >= 11 is 2.74. The summed E-state index contributed by atoms with van der Waals surface area (Å²) in [5, 5.41) is 10.6. The highest BCUT2D eigenvalue weighted by atomic mass is 79.9. The molecule has 1 aromatic rings. The monoisotopic (exact) mass is 324 g/mol. The second kappa shape index (κ2) is 5.80. The van der Waals surface area contributed by atoms with Crippen LogP contribution in [0.2, 0.25) is 0 Å². The standard InChI is InChI=1S/C9H7BrF2N2O4/c1-18-6(15)3-4-2-5(9(11)12)7(14(16)17)8(10)13-4/h2,9H,3H2,1H3. The quantitative estimate of drug-likeness (QED) is 0.367. The molecule has 0 aliphatic rings. The number of ether oxygens (including phenoxy) is 1. The minimum Gasteiger partial charge on any atom is -0.469 e. The highest BCUT2D eigenvalue weighted by Gasteiger charge is 2.27. The summed E-state index contributed by atoms with van der Waals surface area (Å²) in [6, 6.07) is 0.824. The number of carbonyl (C=O) groups is 1. The number of alkyl halides is 2. The van der Waals surface area contributed by atoms with Crippen molar-refractivity contribution < 1.29 is 23.2 Å². The molecule has 1 heterocycles. The molecular formula is C9H7BrF2N2O4. The number of methoxy groups -OCH3 is 1. The number of nitro groups is 1. The lowest BCUT2D eigenvalue weighted by Gasteiger charge is -2.06. The molecule has 0 aromatic carbocycles. The van der Waals surface area contributed by atoms with Crippen LogP contribution in [0.15, 0.2) is 10.7 Å².